The minimum Gasteiger partial charge on any atom is -0.325 e. The Bertz CT molecular complexity index is 759. The Morgan fingerprint density at radius 1 is 1.07 bits per heavy atom. The van der Waals surface area contributed by atoms with Gasteiger partial charge < -0.3 is 10.2 Å². The number of nitrogens with one attached hydrogen (secondary N) is 1. The summed E-state index contributed by atoms with van der Waals surface area (Å²) < 4.78 is 0. The average Bonchev–Trinajstić information content (AvgIpc) is 2.69. The van der Waals surface area contributed by atoms with E-state index in [1.54, 1.807) is 30.5 Å². The van der Waals surface area contributed by atoms with Crippen molar-refractivity contribution in [3.05, 3.63) is 54.2 Å². The number of thioether (sulfide) groups is 1. The third-order valence-corrected chi connectivity index (χ3v) is 5.39. The highest BCUT2D eigenvalue weighted by atomic mass is 32.2. The Hall–Kier alpha value is -2.22. The lowest BCUT2D eigenvalue weighted by Gasteiger charge is -2.31. The van der Waals surface area contributed by atoms with Gasteiger partial charge in [-0.2, -0.15) is 0 Å². The number of anilines is 1. The predicted molar refractivity (Wildman–Crippen MR) is 108 cm³/mol. The number of Topliss-reactive ketones (excluding diaryl/α,β-unsaturated/α-hetero) is 1. The number of pyridine rings is 1. The molecule has 0 bridgehead atoms. The van der Waals surface area contributed by atoms with E-state index in [2.05, 4.69) is 27.1 Å². The van der Waals surface area contributed by atoms with Gasteiger partial charge in [-0.05, 0) is 43.4 Å². The van der Waals surface area contributed by atoms with Crippen molar-refractivity contribution in [2.75, 3.05) is 50.8 Å². The van der Waals surface area contributed by atoms with Crippen LogP contribution in [0.25, 0.3) is 0 Å². The quantitative estimate of drug-likeness (QED) is 0.583. The van der Waals surface area contributed by atoms with Crippen molar-refractivity contribution in [2.45, 2.75) is 5.03 Å². The lowest BCUT2D eigenvalue weighted by atomic mass is 10.1. The maximum Gasteiger partial charge on any atom is 0.234 e. The Morgan fingerprint density at radius 2 is 1.81 bits per heavy atom. The summed E-state index contributed by atoms with van der Waals surface area (Å²) in [7, 11) is 2.10. The molecule has 0 aliphatic carbocycles. The van der Waals surface area contributed by atoms with E-state index in [1.807, 2.05) is 18.2 Å². The number of piperazine rings is 1. The third kappa shape index (κ3) is 6.16. The van der Waals surface area contributed by atoms with Crippen LogP contribution in [0.1, 0.15) is 10.4 Å². The predicted octanol–water partition coefficient (Wildman–Crippen LogP) is 2.24. The molecule has 0 radical (unpaired) electrons. The van der Waals surface area contributed by atoms with Gasteiger partial charge in [-0.25, -0.2) is 4.98 Å². The van der Waals surface area contributed by atoms with E-state index in [-0.39, 0.29) is 11.7 Å². The molecule has 27 heavy (non-hydrogen) atoms. The molecular formula is C20H24N4O2S. The molecule has 3 rings (SSSR count). The number of ketones is 1. The molecule has 0 atom stereocenters. The highest BCUT2D eigenvalue weighted by Crippen LogP contribution is 2.16. The van der Waals surface area contributed by atoms with Crippen molar-refractivity contribution < 1.29 is 9.59 Å². The second-order valence-corrected chi connectivity index (χ2v) is 7.58. The summed E-state index contributed by atoms with van der Waals surface area (Å²) in [6.45, 7) is 4.28. The second kappa shape index (κ2) is 9.64. The van der Waals surface area contributed by atoms with Crippen LogP contribution < -0.4 is 5.32 Å². The number of carbonyl (C=O) groups excluding carboxylic acids is 2. The summed E-state index contributed by atoms with van der Waals surface area (Å²) in [5.74, 6) is 0.312. The minimum atomic E-state index is -0.0952. The number of rotatable bonds is 7. The maximum atomic E-state index is 12.4. The van der Waals surface area contributed by atoms with E-state index in [0.717, 1.165) is 31.2 Å². The smallest absolute Gasteiger partial charge is 0.234 e. The van der Waals surface area contributed by atoms with E-state index in [1.165, 1.54) is 11.8 Å². The summed E-state index contributed by atoms with van der Waals surface area (Å²) in [4.78, 5) is 33.1. The molecule has 2 heterocycles. The fourth-order valence-electron chi connectivity index (χ4n) is 2.81. The molecule has 1 aromatic carbocycles. The van der Waals surface area contributed by atoms with Crippen LogP contribution in [0.4, 0.5) is 5.69 Å². The van der Waals surface area contributed by atoms with Gasteiger partial charge in [0.15, 0.2) is 5.78 Å². The van der Waals surface area contributed by atoms with Crippen LogP contribution in [-0.4, -0.2) is 72.0 Å². The zero-order chi connectivity index (χ0) is 19.1. The Labute approximate surface area is 164 Å². The average molecular weight is 385 g/mol. The fraction of sp³-hybridized carbons (Fsp3) is 0.350. The molecule has 1 aliphatic rings. The van der Waals surface area contributed by atoms with E-state index in [0.29, 0.717) is 23.5 Å². The normalized spacial score (nSPS) is 15.4. The number of aromatic nitrogens is 1. The van der Waals surface area contributed by atoms with Crippen LogP contribution in [0, 0.1) is 0 Å². The Balaban J connectivity index is 1.46. The molecule has 1 aromatic heterocycles. The monoisotopic (exact) mass is 384 g/mol. The first kappa shape index (κ1) is 19.5. The van der Waals surface area contributed by atoms with Gasteiger partial charge in [-0.15, -0.1) is 0 Å². The van der Waals surface area contributed by atoms with Gasteiger partial charge >= 0.3 is 0 Å². The van der Waals surface area contributed by atoms with Crippen molar-refractivity contribution in [2.24, 2.45) is 0 Å². The van der Waals surface area contributed by atoms with Gasteiger partial charge in [0.1, 0.15) is 0 Å². The van der Waals surface area contributed by atoms with Crippen LogP contribution in [0.2, 0.25) is 0 Å². The highest BCUT2D eigenvalue weighted by molar-refractivity contribution is 7.99. The van der Waals surface area contributed by atoms with E-state index in [4.69, 9.17) is 0 Å². The van der Waals surface area contributed by atoms with Crippen LogP contribution in [0.15, 0.2) is 53.7 Å². The SMILES string of the molecule is CN1CCN(CC(=O)c2ccc(NC(=O)CSc3ccccn3)cc2)CC1. The van der Waals surface area contributed by atoms with Crippen LogP contribution >= 0.6 is 11.8 Å². The van der Waals surface area contributed by atoms with Gasteiger partial charge in [0, 0.05) is 43.6 Å². The first-order valence-electron chi connectivity index (χ1n) is 8.98. The minimum absolute atomic E-state index is 0.0952. The van der Waals surface area contributed by atoms with Gasteiger partial charge in [0.2, 0.25) is 5.91 Å². The molecule has 0 spiro atoms. The van der Waals surface area contributed by atoms with Gasteiger partial charge in [-0.1, -0.05) is 17.8 Å². The molecule has 1 amide bonds. The van der Waals surface area contributed by atoms with Gasteiger partial charge in [-0.3, -0.25) is 14.5 Å². The summed E-state index contributed by atoms with van der Waals surface area (Å²) >= 11 is 1.39. The molecule has 1 fully saturated rings. The van der Waals surface area contributed by atoms with Crippen LogP contribution in [0.3, 0.4) is 0 Å². The van der Waals surface area contributed by atoms with Gasteiger partial charge in [0.05, 0.1) is 17.3 Å². The van der Waals surface area contributed by atoms with E-state index >= 15 is 0 Å². The van der Waals surface area contributed by atoms with Gasteiger partial charge in [0.25, 0.3) is 0 Å². The number of likely N-dealkylation sites (N-methyl/N-ethyl adjacent to an activating group) is 1. The zero-order valence-corrected chi connectivity index (χ0v) is 16.2. The maximum absolute atomic E-state index is 12.4. The molecule has 1 N–H and O–H groups in total. The summed E-state index contributed by atoms with van der Waals surface area (Å²) in [5.41, 5.74) is 1.37. The van der Waals surface area contributed by atoms with Crippen molar-refractivity contribution in [1.29, 1.82) is 0 Å². The zero-order valence-electron chi connectivity index (χ0n) is 15.4. The topological polar surface area (TPSA) is 65.5 Å². The number of hydrogen-bond acceptors (Lipinski definition) is 6. The summed E-state index contributed by atoms with van der Waals surface area (Å²) in [6.07, 6.45) is 1.71. The number of carbonyl (C=O) groups is 2. The largest absolute Gasteiger partial charge is 0.325 e. The number of amides is 1. The van der Waals surface area contributed by atoms with Crippen LogP contribution in [0.5, 0.6) is 0 Å². The molecule has 1 saturated heterocycles. The number of hydrogen-bond donors (Lipinski definition) is 1. The Kier molecular flexibility index (Phi) is 6.98. The third-order valence-electron chi connectivity index (χ3n) is 4.44. The van der Waals surface area contributed by atoms with E-state index in [9.17, 15) is 9.59 Å². The Morgan fingerprint density at radius 3 is 2.48 bits per heavy atom. The van der Waals surface area contributed by atoms with Crippen molar-refractivity contribution in [3.63, 3.8) is 0 Å². The molecule has 142 valence electrons. The molecule has 0 saturated carbocycles. The highest BCUT2D eigenvalue weighted by Gasteiger charge is 2.17. The van der Waals surface area contributed by atoms with Crippen molar-refractivity contribution in [1.82, 2.24) is 14.8 Å². The molecule has 1 aliphatic heterocycles. The molecular weight excluding hydrogens is 360 g/mol. The molecule has 7 heteroatoms. The van der Waals surface area contributed by atoms with E-state index < -0.39 is 0 Å². The second-order valence-electron chi connectivity index (χ2n) is 6.58. The first-order valence-corrected chi connectivity index (χ1v) is 9.96. The molecule has 6 nitrogen and oxygen atoms in total. The standard InChI is InChI=1S/C20H24N4O2S/c1-23-10-12-24(13-11-23)14-18(25)16-5-7-17(8-6-16)22-19(26)15-27-20-4-2-3-9-21-20/h2-9H,10-15H2,1H3,(H,22,26). The lowest BCUT2D eigenvalue weighted by molar-refractivity contribution is -0.113. The van der Waals surface area contributed by atoms with Crippen molar-refractivity contribution in [3.8, 4) is 0 Å². The molecule has 2 aromatic rings. The summed E-state index contributed by atoms with van der Waals surface area (Å²) in [6, 6.07) is 12.7. The lowest BCUT2D eigenvalue weighted by Crippen LogP contribution is -2.46. The molecule has 0 unspecified atom stereocenters. The first-order chi connectivity index (χ1) is 13.1. The fourth-order valence-corrected chi connectivity index (χ4v) is 3.47. The van der Waals surface area contributed by atoms with Crippen LogP contribution in [-0.2, 0) is 4.79 Å². The van der Waals surface area contributed by atoms with Crippen molar-refractivity contribution >= 4 is 29.1 Å². The number of benzene rings is 1. The number of nitrogens with zero attached hydrogens (tertiary/aromatic N) is 3. The summed E-state index contributed by atoms with van der Waals surface area (Å²) in [5, 5.41) is 3.67.